The first kappa shape index (κ1) is 19.8. The summed E-state index contributed by atoms with van der Waals surface area (Å²) in [6, 6.07) is 1.01. The van der Waals surface area contributed by atoms with Gasteiger partial charge in [0.15, 0.2) is 6.04 Å². The van der Waals surface area contributed by atoms with Gasteiger partial charge in [0.05, 0.1) is 11.7 Å². The van der Waals surface area contributed by atoms with Crippen LogP contribution in [0.1, 0.15) is 61.4 Å². The maximum absolute atomic E-state index is 13.7. The summed E-state index contributed by atoms with van der Waals surface area (Å²) >= 11 is 0. The molecule has 4 heterocycles. The van der Waals surface area contributed by atoms with E-state index in [0.29, 0.717) is 30.2 Å². The Morgan fingerprint density at radius 2 is 2.07 bits per heavy atom. The van der Waals surface area contributed by atoms with Gasteiger partial charge in [-0.2, -0.15) is 23.4 Å². The molecule has 1 amide bonds. The lowest BCUT2D eigenvalue weighted by Crippen LogP contribution is -2.41. The molecule has 7 nitrogen and oxygen atoms in total. The average molecular weight is 410 g/mol. The quantitative estimate of drug-likeness (QED) is 0.841. The number of aryl methyl sites for hydroxylation is 1. The number of amides is 1. The number of aromatic nitrogens is 4. The Labute approximate surface area is 166 Å². The molecule has 0 bridgehead atoms. The van der Waals surface area contributed by atoms with Crippen LogP contribution in [-0.2, 0) is 7.05 Å². The number of carbonyl (C=O) groups excluding carboxylic acids is 1. The summed E-state index contributed by atoms with van der Waals surface area (Å²) in [5.74, 6) is 0.199. The lowest BCUT2D eigenvalue weighted by Gasteiger charge is -2.35. The summed E-state index contributed by atoms with van der Waals surface area (Å²) in [4.78, 5) is 14.5. The zero-order valence-electron chi connectivity index (χ0n) is 16.6. The first-order valence-corrected chi connectivity index (χ1v) is 9.88. The first-order valence-electron chi connectivity index (χ1n) is 9.88. The molecule has 1 saturated heterocycles. The Morgan fingerprint density at radius 1 is 1.31 bits per heavy atom. The Hall–Kier alpha value is -2.52. The Balaban J connectivity index is 1.65. The van der Waals surface area contributed by atoms with Crippen molar-refractivity contribution in [2.75, 3.05) is 11.9 Å². The van der Waals surface area contributed by atoms with Gasteiger partial charge in [-0.05, 0) is 31.2 Å². The van der Waals surface area contributed by atoms with Crippen molar-refractivity contribution in [1.82, 2.24) is 24.5 Å². The van der Waals surface area contributed by atoms with Crippen molar-refractivity contribution in [3.63, 3.8) is 0 Å². The molecule has 0 saturated carbocycles. The van der Waals surface area contributed by atoms with Crippen LogP contribution in [0.15, 0.2) is 18.3 Å². The van der Waals surface area contributed by atoms with Gasteiger partial charge in [-0.3, -0.25) is 9.48 Å². The molecular weight excluding hydrogens is 385 g/mol. The third kappa shape index (κ3) is 3.60. The van der Waals surface area contributed by atoms with E-state index >= 15 is 0 Å². The highest BCUT2D eigenvalue weighted by molar-refractivity contribution is 5.92. The molecular formula is C19H25F3N6O. The number of likely N-dealkylation sites (tertiary alicyclic amines) is 1. The van der Waals surface area contributed by atoms with Crippen LogP contribution >= 0.6 is 0 Å². The Morgan fingerprint density at radius 3 is 2.69 bits per heavy atom. The van der Waals surface area contributed by atoms with Crippen LogP contribution in [0.4, 0.5) is 19.0 Å². The molecule has 4 rings (SSSR count). The number of carbonyl (C=O) groups is 1. The van der Waals surface area contributed by atoms with Crippen molar-refractivity contribution in [3.8, 4) is 0 Å². The minimum atomic E-state index is -4.38. The van der Waals surface area contributed by atoms with Crippen LogP contribution in [0.5, 0.6) is 0 Å². The van der Waals surface area contributed by atoms with Gasteiger partial charge in [0.1, 0.15) is 11.5 Å². The Kier molecular flexibility index (Phi) is 4.82. The van der Waals surface area contributed by atoms with Gasteiger partial charge in [-0.25, -0.2) is 4.68 Å². The van der Waals surface area contributed by atoms with Crippen LogP contribution < -0.4 is 5.32 Å². The summed E-state index contributed by atoms with van der Waals surface area (Å²) < 4.78 is 43.7. The van der Waals surface area contributed by atoms with Gasteiger partial charge in [0.2, 0.25) is 0 Å². The highest BCUT2D eigenvalue weighted by Crippen LogP contribution is 2.42. The summed E-state index contributed by atoms with van der Waals surface area (Å²) in [6.07, 6.45) is -1.31. The highest BCUT2D eigenvalue weighted by atomic mass is 19.4. The average Bonchev–Trinajstić information content (AvgIpc) is 3.37. The molecule has 0 radical (unpaired) electrons. The van der Waals surface area contributed by atoms with Gasteiger partial charge in [-0.1, -0.05) is 13.8 Å². The standard InChI is InChI=1S/C19H25F3N6O/c1-11(2)13-9-16(19(20,21)22)28-17(23-13)10-14(25-28)15-5-4-7-27(15)18(29)12-6-8-26(3)24-12/h6,8,10-11,13,15-16,23H,4-5,7,9H2,1-3H3/t13-,15?,16+/m0/s1. The van der Waals surface area contributed by atoms with Crippen molar-refractivity contribution >= 4 is 11.7 Å². The molecule has 3 atom stereocenters. The summed E-state index contributed by atoms with van der Waals surface area (Å²) in [5, 5.41) is 11.7. The monoisotopic (exact) mass is 410 g/mol. The van der Waals surface area contributed by atoms with E-state index in [-0.39, 0.29) is 30.3 Å². The molecule has 0 spiro atoms. The van der Waals surface area contributed by atoms with E-state index in [4.69, 9.17) is 0 Å². The molecule has 2 aliphatic heterocycles. The number of fused-ring (bicyclic) bond motifs is 1. The number of hydrogen-bond donors (Lipinski definition) is 1. The molecule has 29 heavy (non-hydrogen) atoms. The van der Waals surface area contributed by atoms with E-state index < -0.39 is 12.2 Å². The van der Waals surface area contributed by atoms with Crippen molar-refractivity contribution < 1.29 is 18.0 Å². The van der Waals surface area contributed by atoms with Gasteiger partial charge in [-0.15, -0.1) is 0 Å². The SMILES string of the molecule is CC(C)[C@@H]1C[C@H](C(F)(F)F)n2nc(C3CCCN3C(=O)c3ccn(C)n3)cc2N1. The topological polar surface area (TPSA) is 68.0 Å². The maximum Gasteiger partial charge on any atom is 0.410 e. The fourth-order valence-corrected chi connectivity index (χ4v) is 4.22. The number of nitrogens with one attached hydrogen (secondary N) is 1. The predicted octanol–water partition coefficient (Wildman–Crippen LogP) is 3.54. The molecule has 0 aromatic carbocycles. The number of anilines is 1. The number of halogens is 3. The lowest BCUT2D eigenvalue weighted by atomic mass is 9.94. The first-order chi connectivity index (χ1) is 13.6. The molecule has 1 unspecified atom stereocenters. The van der Waals surface area contributed by atoms with E-state index in [9.17, 15) is 18.0 Å². The Bertz CT molecular complexity index is 902. The zero-order chi connectivity index (χ0) is 20.9. The van der Waals surface area contributed by atoms with E-state index in [1.807, 2.05) is 13.8 Å². The van der Waals surface area contributed by atoms with Crippen LogP contribution in [0.2, 0.25) is 0 Å². The number of alkyl halides is 3. The van der Waals surface area contributed by atoms with E-state index in [0.717, 1.165) is 11.1 Å². The largest absolute Gasteiger partial charge is 0.410 e. The molecule has 10 heteroatoms. The number of hydrogen-bond acceptors (Lipinski definition) is 4. The fourth-order valence-electron chi connectivity index (χ4n) is 4.22. The highest BCUT2D eigenvalue weighted by Gasteiger charge is 2.47. The molecule has 158 valence electrons. The second-order valence-corrected chi connectivity index (χ2v) is 8.22. The fraction of sp³-hybridized carbons (Fsp3) is 0.632. The third-order valence-electron chi connectivity index (χ3n) is 5.83. The van der Waals surface area contributed by atoms with Crippen molar-refractivity contribution in [1.29, 1.82) is 0 Å². The summed E-state index contributed by atoms with van der Waals surface area (Å²) in [5.41, 5.74) is 0.822. The molecule has 2 aliphatic rings. The second kappa shape index (κ2) is 7.07. The second-order valence-electron chi connectivity index (χ2n) is 8.22. The van der Waals surface area contributed by atoms with Crippen LogP contribution in [0.3, 0.4) is 0 Å². The molecule has 1 N–H and O–H groups in total. The summed E-state index contributed by atoms with van der Waals surface area (Å²) in [7, 11) is 1.73. The van der Waals surface area contributed by atoms with Gasteiger partial charge < -0.3 is 10.2 Å². The molecule has 2 aromatic heterocycles. The van der Waals surface area contributed by atoms with Crippen molar-refractivity contribution in [2.45, 2.75) is 57.4 Å². The number of nitrogens with zero attached hydrogens (tertiary/aromatic N) is 5. The molecule has 0 aliphatic carbocycles. The van der Waals surface area contributed by atoms with Crippen LogP contribution in [0.25, 0.3) is 0 Å². The predicted molar refractivity (Wildman–Crippen MR) is 100 cm³/mol. The molecule has 1 fully saturated rings. The van der Waals surface area contributed by atoms with Gasteiger partial charge in [0, 0.05) is 31.9 Å². The maximum atomic E-state index is 13.7. The van der Waals surface area contributed by atoms with Crippen LogP contribution in [-0.4, -0.2) is 49.1 Å². The minimum absolute atomic E-state index is 0.0562. The van der Waals surface area contributed by atoms with Gasteiger partial charge >= 0.3 is 6.18 Å². The molecule has 2 aromatic rings. The van der Waals surface area contributed by atoms with Gasteiger partial charge in [0.25, 0.3) is 5.91 Å². The van der Waals surface area contributed by atoms with E-state index in [1.54, 1.807) is 35.0 Å². The zero-order valence-corrected chi connectivity index (χ0v) is 16.6. The van der Waals surface area contributed by atoms with E-state index in [1.165, 1.54) is 0 Å². The lowest BCUT2D eigenvalue weighted by molar-refractivity contribution is -0.174. The van der Waals surface area contributed by atoms with Crippen molar-refractivity contribution in [2.24, 2.45) is 13.0 Å². The van der Waals surface area contributed by atoms with Crippen molar-refractivity contribution in [3.05, 3.63) is 29.7 Å². The normalized spacial score (nSPS) is 24.7. The van der Waals surface area contributed by atoms with Crippen LogP contribution in [0, 0.1) is 5.92 Å². The summed E-state index contributed by atoms with van der Waals surface area (Å²) in [6.45, 7) is 4.34. The smallest absolute Gasteiger partial charge is 0.367 e. The number of rotatable bonds is 3. The van der Waals surface area contributed by atoms with E-state index in [2.05, 4.69) is 15.5 Å². The third-order valence-corrected chi connectivity index (χ3v) is 5.83. The minimum Gasteiger partial charge on any atom is -0.367 e.